The lowest BCUT2D eigenvalue weighted by atomic mass is 10.2. The van der Waals surface area contributed by atoms with Crippen molar-refractivity contribution in [1.29, 1.82) is 0 Å². The lowest BCUT2D eigenvalue weighted by molar-refractivity contribution is -0.274. The Hall–Kier alpha value is -1.27. The third-order valence-electron chi connectivity index (χ3n) is 2.67. The van der Waals surface area contributed by atoms with Crippen molar-refractivity contribution < 1.29 is 22.6 Å². The van der Waals surface area contributed by atoms with Gasteiger partial charge in [0.05, 0.1) is 13.2 Å². The van der Waals surface area contributed by atoms with E-state index in [-0.39, 0.29) is 5.75 Å². The van der Waals surface area contributed by atoms with Gasteiger partial charge < -0.3 is 9.47 Å². The Kier molecular flexibility index (Phi) is 4.08. The predicted molar refractivity (Wildman–Crippen MR) is 59.2 cm³/mol. The summed E-state index contributed by atoms with van der Waals surface area (Å²) in [5.41, 5.74) is 0.964. The van der Waals surface area contributed by atoms with Gasteiger partial charge in [-0.05, 0) is 17.7 Å². The van der Waals surface area contributed by atoms with Crippen LogP contribution in [0.1, 0.15) is 5.56 Å². The first-order valence-corrected chi connectivity index (χ1v) is 5.68. The van der Waals surface area contributed by atoms with Gasteiger partial charge >= 0.3 is 6.36 Å². The van der Waals surface area contributed by atoms with Crippen molar-refractivity contribution in [2.45, 2.75) is 12.9 Å². The van der Waals surface area contributed by atoms with E-state index >= 15 is 0 Å². The van der Waals surface area contributed by atoms with E-state index in [1.165, 1.54) is 12.1 Å². The summed E-state index contributed by atoms with van der Waals surface area (Å²) in [5.74, 6) is -0.187. The molecule has 0 atom stereocenters. The number of nitrogens with zero attached hydrogens (tertiary/aromatic N) is 1. The number of hydrogen-bond acceptors (Lipinski definition) is 3. The van der Waals surface area contributed by atoms with Crippen LogP contribution in [0, 0.1) is 0 Å². The number of ether oxygens (including phenoxy) is 2. The van der Waals surface area contributed by atoms with Gasteiger partial charge in [0.1, 0.15) is 5.75 Å². The maximum atomic E-state index is 12.0. The number of alkyl halides is 3. The van der Waals surface area contributed by atoms with Crippen LogP contribution in [-0.2, 0) is 11.3 Å². The Morgan fingerprint density at radius 3 is 2.28 bits per heavy atom. The first kappa shape index (κ1) is 13.2. The average molecular weight is 261 g/mol. The average Bonchev–Trinajstić information content (AvgIpc) is 2.31. The van der Waals surface area contributed by atoms with Crippen LogP contribution in [0.25, 0.3) is 0 Å². The molecule has 2 rings (SSSR count). The van der Waals surface area contributed by atoms with Crippen LogP contribution in [0.5, 0.6) is 5.75 Å². The summed E-state index contributed by atoms with van der Waals surface area (Å²) in [4.78, 5) is 2.20. The molecule has 0 aliphatic carbocycles. The van der Waals surface area contributed by atoms with Crippen molar-refractivity contribution in [1.82, 2.24) is 4.90 Å². The van der Waals surface area contributed by atoms with E-state index in [0.29, 0.717) is 13.2 Å². The number of morpholine rings is 1. The minimum absolute atomic E-state index is 0.187. The molecule has 1 saturated heterocycles. The molecule has 1 aromatic carbocycles. The lowest BCUT2D eigenvalue weighted by Gasteiger charge is -2.26. The molecule has 6 heteroatoms. The molecule has 1 aliphatic heterocycles. The summed E-state index contributed by atoms with van der Waals surface area (Å²) in [5, 5.41) is 0. The molecular weight excluding hydrogens is 247 g/mol. The maximum absolute atomic E-state index is 12.0. The molecule has 1 fully saturated rings. The second kappa shape index (κ2) is 5.58. The normalized spacial score (nSPS) is 17.7. The Bertz CT molecular complexity index is 372. The molecule has 1 aromatic rings. The van der Waals surface area contributed by atoms with E-state index in [1.54, 1.807) is 12.1 Å². The Morgan fingerprint density at radius 2 is 1.72 bits per heavy atom. The van der Waals surface area contributed by atoms with Gasteiger partial charge in [-0.3, -0.25) is 4.90 Å². The zero-order chi connectivity index (χ0) is 13.0. The van der Waals surface area contributed by atoms with Crippen molar-refractivity contribution in [3.8, 4) is 5.75 Å². The molecule has 0 aromatic heterocycles. The number of rotatable bonds is 3. The fraction of sp³-hybridized carbons (Fsp3) is 0.500. The quantitative estimate of drug-likeness (QED) is 0.834. The van der Waals surface area contributed by atoms with E-state index in [0.717, 1.165) is 25.2 Å². The Morgan fingerprint density at radius 1 is 1.11 bits per heavy atom. The van der Waals surface area contributed by atoms with Crippen molar-refractivity contribution in [2.24, 2.45) is 0 Å². The first-order chi connectivity index (χ1) is 8.53. The van der Waals surface area contributed by atoms with Crippen LogP contribution in [0.3, 0.4) is 0 Å². The molecule has 3 nitrogen and oxygen atoms in total. The highest BCUT2D eigenvalue weighted by Crippen LogP contribution is 2.23. The van der Waals surface area contributed by atoms with E-state index in [9.17, 15) is 13.2 Å². The monoisotopic (exact) mass is 261 g/mol. The second-order valence-electron chi connectivity index (χ2n) is 4.08. The van der Waals surface area contributed by atoms with Gasteiger partial charge in [0.2, 0.25) is 0 Å². The summed E-state index contributed by atoms with van der Waals surface area (Å²) in [6.45, 7) is 3.82. The zero-order valence-corrected chi connectivity index (χ0v) is 9.74. The summed E-state index contributed by atoms with van der Waals surface area (Å²) < 4.78 is 44.9. The van der Waals surface area contributed by atoms with Gasteiger partial charge in [0.15, 0.2) is 0 Å². The summed E-state index contributed by atoms with van der Waals surface area (Å²) in [6.07, 6.45) is -4.63. The molecule has 100 valence electrons. The zero-order valence-electron chi connectivity index (χ0n) is 9.74. The standard InChI is InChI=1S/C12H14F3NO2/c13-12(14,15)18-11-3-1-10(2-4-11)9-16-5-7-17-8-6-16/h1-4H,5-9H2. The van der Waals surface area contributed by atoms with Gasteiger partial charge in [-0.25, -0.2) is 0 Å². The molecule has 0 spiro atoms. The molecular formula is C12H14F3NO2. The van der Waals surface area contributed by atoms with Gasteiger partial charge in [-0.1, -0.05) is 12.1 Å². The summed E-state index contributed by atoms with van der Waals surface area (Å²) in [7, 11) is 0. The van der Waals surface area contributed by atoms with Gasteiger partial charge in [0, 0.05) is 19.6 Å². The number of hydrogen-bond donors (Lipinski definition) is 0. The predicted octanol–water partition coefficient (Wildman–Crippen LogP) is 2.42. The van der Waals surface area contributed by atoms with Crippen molar-refractivity contribution >= 4 is 0 Å². The smallest absolute Gasteiger partial charge is 0.406 e. The maximum Gasteiger partial charge on any atom is 0.573 e. The fourth-order valence-electron chi connectivity index (χ4n) is 1.81. The largest absolute Gasteiger partial charge is 0.573 e. The summed E-state index contributed by atoms with van der Waals surface area (Å²) in [6, 6.07) is 5.97. The Labute approximate surface area is 103 Å². The first-order valence-electron chi connectivity index (χ1n) is 5.68. The van der Waals surface area contributed by atoms with Crippen LogP contribution in [0.2, 0.25) is 0 Å². The van der Waals surface area contributed by atoms with Crippen molar-refractivity contribution in [2.75, 3.05) is 26.3 Å². The summed E-state index contributed by atoms with van der Waals surface area (Å²) >= 11 is 0. The molecule has 1 aliphatic rings. The van der Waals surface area contributed by atoms with E-state index in [1.807, 2.05) is 0 Å². The second-order valence-corrected chi connectivity index (χ2v) is 4.08. The van der Waals surface area contributed by atoms with E-state index in [4.69, 9.17) is 4.74 Å². The van der Waals surface area contributed by atoms with Crippen LogP contribution < -0.4 is 4.74 Å². The van der Waals surface area contributed by atoms with Gasteiger partial charge in [-0.15, -0.1) is 13.2 Å². The molecule has 0 bridgehead atoms. The van der Waals surface area contributed by atoms with Crippen LogP contribution in [-0.4, -0.2) is 37.6 Å². The van der Waals surface area contributed by atoms with Crippen LogP contribution in [0.15, 0.2) is 24.3 Å². The number of halogens is 3. The minimum Gasteiger partial charge on any atom is -0.406 e. The van der Waals surface area contributed by atoms with Crippen molar-refractivity contribution in [3.05, 3.63) is 29.8 Å². The van der Waals surface area contributed by atoms with Gasteiger partial charge in [-0.2, -0.15) is 0 Å². The highest BCUT2D eigenvalue weighted by Gasteiger charge is 2.30. The van der Waals surface area contributed by atoms with Crippen LogP contribution in [0.4, 0.5) is 13.2 Å². The third kappa shape index (κ3) is 4.19. The molecule has 1 heterocycles. The number of benzene rings is 1. The molecule has 0 amide bonds. The van der Waals surface area contributed by atoms with E-state index < -0.39 is 6.36 Å². The fourth-order valence-corrected chi connectivity index (χ4v) is 1.81. The molecule has 0 N–H and O–H groups in total. The van der Waals surface area contributed by atoms with E-state index in [2.05, 4.69) is 9.64 Å². The Balaban J connectivity index is 1.90. The highest BCUT2D eigenvalue weighted by molar-refractivity contribution is 5.27. The minimum atomic E-state index is -4.63. The highest BCUT2D eigenvalue weighted by atomic mass is 19.4. The lowest BCUT2D eigenvalue weighted by Crippen LogP contribution is -2.35. The molecule has 0 unspecified atom stereocenters. The SMILES string of the molecule is FC(F)(F)Oc1ccc(CN2CCOCC2)cc1. The molecule has 18 heavy (non-hydrogen) atoms. The molecule has 0 radical (unpaired) electrons. The topological polar surface area (TPSA) is 21.7 Å². The van der Waals surface area contributed by atoms with Crippen molar-refractivity contribution in [3.63, 3.8) is 0 Å². The third-order valence-corrected chi connectivity index (χ3v) is 2.67. The van der Waals surface area contributed by atoms with Crippen LogP contribution >= 0.6 is 0 Å². The molecule has 0 saturated carbocycles. The van der Waals surface area contributed by atoms with Gasteiger partial charge in [0.25, 0.3) is 0 Å².